The van der Waals surface area contributed by atoms with Gasteiger partial charge in [-0.15, -0.1) is 0 Å². The first kappa shape index (κ1) is 15.7. The fraction of sp³-hybridized carbons (Fsp3) is 0.316. The van der Waals surface area contributed by atoms with Gasteiger partial charge in [-0.25, -0.2) is 4.39 Å². The second-order valence-corrected chi connectivity index (χ2v) is 6.19. The SMILES string of the molecule is C[C@H]1C[C@@H](c2ccc(F)cc2)CN1C(=O)c1ccc(CN)cc1. The van der Waals surface area contributed by atoms with Crippen molar-refractivity contribution in [1.82, 2.24) is 4.90 Å². The summed E-state index contributed by atoms with van der Waals surface area (Å²) in [5, 5.41) is 0. The average molecular weight is 312 g/mol. The number of likely N-dealkylation sites (tertiary alicyclic amines) is 1. The minimum atomic E-state index is -0.229. The molecule has 3 nitrogen and oxygen atoms in total. The molecular weight excluding hydrogens is 291 g/mol. The molecule has 0 spiro atoms. The zero-order valence-corrected chi connectivity index (χ0v) is 13.2. The predicted molar refractivity (Wildman–Crippen MR) is 88.6 cm³/mol. The number of rotatable bonds is 3. The molecule has 0 aromatic heterocycles. The Bertz CT molecular complexity index is 682. The fourth-order valence-electron chi connectivity index (χ4n) is 3.24. The molecule has 0 bridgehead atoms. The number of carbonyl (C=O) groups is 1. The molecule has 2 N–H and O–H groups in total. The molecule has 2 aromatic rings. The van der Waals surface area contributed by atoms with Crippen molar-refractivity contribution in [3.63, 3.8) is 0 Å². The molecule has 1 aliphatic heterocycles. The lowest BCUT2D eigenvalue weighted by atomic mass is 9.97. The van der Waals surface area contributed by atoms with Gasteiger partial charge in [-0.3, -0.25) is 4.79 Å². The first-order chi connectivity index (χ1) is 11.1. The molecule has 120 valence electrons. The third-order valence-electron chi connectivity index (χ3n) is 4.61. The molecule has 4 heteroatoms. The first-order valence-electron chi connectivity index (χ1n) is 7.94. The minimum Gasteiger partial charge on any atom is -0.335 e. The third-order valence-corrected chi connectivity index (χ3v) is 4.61. The number of amides is 1. The molecular formula is C19H21FN2O. The smallest absolute Gasteiger partial charge is 0.254 e. The van der Waals surface area contributed by atoms with E-state index in [1.165, 1.54) is 12.1 Å². The van der Waals surface area contributed by atoms with Crippen LogP contribution in [0.1, 0.15) is 40.7 Å². The molecule has 1 heterocycles. The van der Waals surface area contributed by atoms with Crippen LogP contribution < -0.4 is 5.73 Å². The van der Waals surface area contributed by atoms with Crippen LogP contribution >= 0.6 is 0 Å². The van der Waals surface area contributed by atoms with Crippen LogP contribution in [0.4, 0.5) is 4.39 Å². The van der Waals surface area contributed by atoms with E-state index in [0.29, 0.717) is 18.7 Å². The van der Waals surface area contributed by atoms with Gasteiger partial charge in [-0.1, -0.05) is 24.3 Å². The molecule has 1 amide bonds. The Morgan fingerprint density at radius 3 is 2.43 bits per heavy atom. The van der Waals surface area contributed by atoms with Gasteiger partial charge in [-0.2, -0.15) is 0 Å². The number of nitrogens with two attached hydrogens (primary N) is 1. The Kier molecular flexibility index (Phi) is 4.44. The van der Waals surface area contributed by atoms with E-state index in [9.17, 15) is 9.18 Å². The summed E-state index contributed by atoms with van der Waals surface area (Å²) >= 11 is 0. The fourth-order valence-corrected chi connectivity index (χ4v) is 3.24. The number of hydrogen-bond donors (Lipinski definition) is 1. The van der Waals surface area contributed by atoms with Gasteiger partial charge in [-0.05, 0) is 48.7 Å². The first-order valence-corrected chi connectivity index (χ1v) is 7.94. The minimum absolute atomic E-state index is 0.0469. The maximum atomic E-state index is 13.1. The van der Waals surface area contributed by atoms with E-state index in [0.717, 1.165) is 17.5 Å². The number of benzene rings is 2. The highest BCUT2D eigenvalue weighted by atomic mass is 19.1. The predicted octanol–water partition coefficient (Wildman–Crippen LogP) is 3.30. The Morgan fingerprint density at radius 2 is 1.83 bits per heavy atom. The van der Waals surface area contributed by atoms with E-state index >= 15 is 0 Å². The second-order valence-electron chi connectivity index (χ2n) is 6.19. The molecule has 23 heavy (non-hydrogen) atoms. The maximum Gasteiger partial charge on any atom is 0.254 e. The van der Waals surface area contributed by atoms with Crippen LogP contribution in [0.25, 0.3) is 0 Å². The molecule has 0 unspecified atom stereocenters. The van der Waals surface area contributed by atoms with Crippen molar-refractivity contribution >= 4 is 5.91 Å². The van der Waals surface area contributed by atoms with Crippen LogP contribution in [0.5, 0.6) is 0 Å². The summed E-state index contributed by atoms with van der Waals surface area (Å²) in [4.78, 5) is 14.6. The monoisotopic (exact) mass is 312 g/mol. The lowest BCUT2D eigenvalue weighted by Crippen LogP contribution is -2.33. The molecule has 2 aromatic carbocycles. The molecule has 1 saturated heterocycles. The lowest BCUT2D eigenvalue weighted by molar-refractivity contribution is 0.0746. The zero-order chi connectivity index (χ0) is 16.4. The van der Waals surface area contributed by atoms with E-state index in [2.05, 4.69) is 6.92 Å². The molecule has 0 radical (unpaired) electrons. The van der Waals surface area contributed by atoms with Gasteiger partial charge in [0.25, 0.3) is 5.91 Å². The lowest BCUT2D eigenvalue weighted by Gasteiger charge is -2.21. The Hall–Kier alpha value is -2.20. The molecule has 1 fully saturated rings. The number of nitrogens with zero attached hydrogens (tertiary/aromatic N) is 1. The second kappa shape index (κ2) is 6.50. The summed E-state index contributed by atoms with van der Waals surface area (Å²) in [5.41, 5.74) is 8.38. The van der Waals surface area contributed by atoms with Gasteiger partial charge < -0.3 is 10.6 Å². The third kappa shape index (κ3) is 3.27. The largest absolute Gasteiger partial charge is 0.335 e. The average Bonchev–Trinajstić information content (AvgIpc) is 2.96. The summed E-state index contributed by atoms with van der Waals surface area (Å²) < 4.78 is 13.1. The van der Waals surface area contributed by atoms with Gasteiger partial charge in [0, 0.05) is 30.6 Å². The highest BCUT2D eigenvalue weighted by Gasteiger charge is 2.33. The molecule has 3 rings (SSSR count). The zero-order valence-electron chi connectivity index (χ0n) is 13.2. The van der Waals surface area contributed by atoms with E-state index in [1.54, 1.807) is 0 Å². The number of hydrogen-bond acceptors (Lipinski definition) is 2. The van der Waals surface area contributed by atoms with Crippen LogP contribution in [-0.2, 0) is 6.54 Å². The van der Waals surface area contributed by atoms with Crippen molar-refractivity contribution in [2.45, 2.75) is 31.8 Å². The summed E-state index contributed by atoms with van der Waals surface area (Å²) in [6.45, 7) is 3.21. The number of halogens is 1. The van der Waals surface area contributed by atoms with E-state index in [-0.39, 0.29) is 23.7 Å². The summed E-state index contributed by atoms with van der Waals surface area (Å²) in [6, 6.07) is 14.2. The normalized spacial score (nSPS) is 20.7. The van der Waals surface area contributed by atoms with Crippen LogP contribution in [0, 0.1) is 5.82 Å². The van der Waals surface area contributed by atoms with Crippen LogP contribution in [0.2, 0.25) is 0 Å². The molecule has 2 atom stereocenters. The van der Waals surface area contributed by atoms with Crippen molar-refractivity contribution in [1.29, 1.82) is 0 Å². The van der Waals surface area contributed by atoms with Crippen molar-refractivity contribution in [2.24, 2.45) is 5.73 Å². The Balaban J connectivity index is 1.75. The van der Waals surface area contributed by atoms with Gasteiger partial charge in [0.2, 0.25) is 0 Å². The number of carbonyl (C=O) groups excluding carboxylic acids is 1. The topological polar surface area (TPSA) is 46.3 Å². The maximum absolute atomic E-state index is 13.1. The highest BCUT2D eigenvalue weighted by Crippen LogP contribution is 2.32. The van der Waals surface area contributed by atoms with Crippen molar-refractivity contribution in [2.75, 3.05) is 6.54 Å². The van der Waals surface area contributed by atoms with E-state index in [1.807, 2.05) is 41.3 Å². The summed E-state index contributed by atoms with van der Waals surface area (Å²) in [6.07, 6.45) is 0.901. The van der Waals surface area contributed by atoms with Crippen molar-refractivity contribution < 1.29 is 9.18 Å². The molecule has 0 aliphatic carbocycles. The van der Waals surface area contributed by atoms with E-state index in [4.69, 9.17) is 5.73 Å². The van der Waals surface area contributed by atoms with Gasteiger partial charge >= 0.3 is 0 Å². The highest BCUT2D eigenvalue weighted by molar-refractivity contribution is 5.94. The van der Waals surface area contributed by atoms with Crippen LogP contribution in [0.15, 0.2) is 48.5 Å². The molecule has 1 aliphatic rings. The Labute approximate surface area is 135 Å². The van der Waals surface area contributed by atoms with Crippen LogP contribution in [0.3, 0.4) is 0 Å². The Morgan fingerprint density at radius 1 is 1.17 bits per heavy atom. The van der Waals surface area contributed by atoms with Crippen molar-refractivity contribution in [3.05, 3.63) is 71.0 Å². The van der Waals surface area contributed by atoms with Gasteiger partial charge in [0.1, 0.15) is 5.82 Å². The van der Waals surface area contributed by atoms with Gasteiger partial charge in [0.15, 0.2) is 0 Å². The summed E-state index contributed by atoms with van der Waals surface area (Å²) in [7, 11) is 0. The van der Waals surface area contributed by atoms with Gasteiger partial charge in [0.05, 0.1) is 0 Å². The van der Waals surface area contributed by atoms with E-state index < -0.39 is 0 Å². The van der Waals surface area contributed by atoms with Crippen LogP contribution in [-0.4, -0.2) is 23.4 Å². The van der Waals surface area contributed by atoms with Crippen molar-refractivity contribution in [3.8, 4) is 0 Å². The quantitative estimate of drug-likeness (QED) is 0.945. The molecule has 0 saturated carbocycles. The summed E-state index contributed by atoms with van der Waals surface area (Å²) in [5.74, 6) is 0.0799. The standard InChI is InChI=1S/C19H21FN2O/c1-13-10-17(15-6-8-18(20)9-7-15)12-22(13)19(23)16-4-2-14(11-21)3-5-16/h2-9,13,17H,10-12,21H2,1H3/t13-,17+/m0/s1.